The number of rotatable bonds is 4. The monoisotopic (exact) mass is 246 g/mol. The lowest BCUT2D eigenvalue weighted by Gasteiger charge is -2.22. The van der Waals surface area contributed by atoms with Gasteiger partial charge in [0, 0.05) is 12.2 Å². The van der Waals surface area contributed by atoms with Crippen molar-refractivity contribution in [3.05, 3.63) is 30.3 Å². The summed E-state index contributed by atoms with van der Waals surface area (Å²) >= 11 is 0. The molecule has 6 nitrogen and oxygen atoms in total. The molecule has 0 saturated heterocycles. The molecule has 1 aromatic carbocycles. The van der Waals surface area contributed by atoms with Gasteiger partial charge in [0.15, 0.2) is 0 Å². The molecule has 0 saturated carbocycles. The van der Waals surface area contributed by atoms with Crippen molar-refractivity contribution in [2.75, 3.05) is 18.6 Å². The number of carbonyl (C=O) groups excluding carboxylic acids is 1. The Labute approximate surface area is 105 Å². The summed E-state index contributed by atoms with van der Waals surface area (Å²) in [6.07, 6.45) is 1.78. The predicted molar refractivity (Wildman–Crippen MR) is 67.7 cm³/mol. The van der Waals surface area contributed by atoms with Gasteiger partial charge in [-0.15, -0.1) is 4.99 Å². The van der Waals surface area contributed by atoms with E-state index in [9.17, 15) is 4.79 Å². The van der Waals surface area contributed by atoms with Crippen LogP contribution in [0.15, 0.2) is 35.3 Å². The number of methoxy groups -OCH3 is 1. The minimum absolute atomic E-state index is 0.0487. The maximum Gasteiger partial charge on any atom is 0.307 e. The van der Waals surface area contributed by atoms with Gasteiger partial charge in [-0.05, 0) is 12.1 Å². The zero-order valence-corrected chi connectivity index (χ0v) is 10.0. The van der Waals surface area contributed by atoms with Crippen LogP contribution in [0, 0.1) is 11.5 Å². The van der Waals surface area contributed by atoms with E-state index in [2.05, 4.69) is 9.73 Å². The molecule has 0 aliphatic carbocycles. The molecule has 0 amide bonds. The maximum atomic E-state index is 11.1. The van der Waals surface area contributed by atoms with Gasteiger partial charge < -0.3 is 15.4 Å². The van der Waals surface area contributed by atoms with Gasteiger partial charge in [0.2, 0.25) is 12.2 Å². The molecule has 0 aliphatic rings. The van der Waals surface area contributed by atoms with Gasteiger partial charge in [0.05, 0.1) is 13.5 Å². The highest BCUT2D eigenvalue weighted by Gasteiger charge is 2.12. The van der Waals surface area contributed by atoms with Gasteiger partial charge in [0.1, 0.15) is 0 Å². The zero-order valence-electron chi connectivity index (χ0n) is 10.0. The zero-order chi connectivity index (χ0) is 13.4. The van der Waals surface area contributed by atoms with Crippen molar-refractivity contribution >= 4 is 17.6 Å². The van der Waals surface area contributed by atoms with Crippen LogP contribution in [-0.2, 0) is 9.53 Å². The predicted octanol–water partition coefficient (Wildman–Crippen LogP) is 0.852. The van der Waals surface area contributed by atoms with E-state index in [0.29, 0.717) is 6.54 Å². The Hall–Kier alpha value is -2.55. The van der Waals surface area contributed by atoms with Crippen molar-refractivity contribution in [2.45, 2.75) is 6.42 Å². The Morgan fingerprint density at radius 3 is 2.72 bits per heavy atom. The van der Waals surface area contributed by atoms with Crippen molar-refractivity contribution in [3.63, 3.8) is 0 Å². The van der Waals surface area contributed by atoms with Crippen LogP contribution in [0.1, 0.15) is 6.42 Å². The van der Waals surface area contributed by atoms with Gasteiger partial charge in [-0.3, -0.25) is 4.79 Å². The minimum atomic E-state index is -0.347. The van der Waals surface area contributed by atoms with Crippen LogP contribution in [0.5, 0.6) is 0 Å². The van der Waals surface area contributed by atoms with E-state index in [0.717, 1.165) is 5.69 Å². The number of hydrogen-bond donors (Lipinski definition) is 1. The summed E-state index contributed by atoms with van der Waals surface area (Å²) in [5.41, 5.74) is 6.45. The average Bonchev–Trinajstić information content (AvgIpc) is 2.40. The van der Waals surface area contributed by atoms with E-state index in [1.165, 1.54) is 7.11 Å². The lowest BCUT2D eigenvalue weighted by atomic mass is 10.3. The van der Waals surface area contributed by atoms with Gasteiger partial charge in [-0.2, -0.15) is 5.26 Å². The smallest absolute Gasteiger partial charge is 0.307 e. The van der Waals surface area contributed by atoms with Crippen molar-refractivity contribution in [3.8, 4) is 6.19 Å². The molecule has 0 bridgehead atoms. The lowest BCUT2D eigenvalue weighted by molar-refractivity contribution is -0.140. The van der Waals surface area contributed by atoms with Crippen LogP contribution >= 0.6 is 0 Å². The molecular formula is C12H14N4O2. The third kappa shape index (κ3) is 3.79. The normalized spacial score (nSPS) is 10.6. The van der Waals surface area contributed by atoms with E-state index < -0.39 is 0 Å². The second-order valence-corrected chi connectivity index (χ2v) is 3.38. The highest BCUT2D eigenvalue weighted by atomic mass is 16.5. The molecule has 0 aliphatic heterocycles. The van der Waals surface area contributed by atoms with E-state index in [1.54, 1.807) is 11.1 Å². The first kappa shape index (κ1) is 13.5. The largest absolute Gasteiger partial charge is 0.469 e. The number of nitrogens with zero attached hydrogens (tertiary/aromatic N) is 3. The van der Waals surface area contributed by atoms with Crippen LogP contribution in [0.2, 0.25) is 0 Å². The standard InChI is InChI=1S/C12H14N4O2/c1-18-11(17)7-8-16(12(14)15-9-13)10-5-3-2-4-6-10/h2-6H,7-8H2,1H3,(H2,14,15). The van der Waals surface area contributed by atoms with Crippen molar-refractivity contribution < 1.29 is 9.53 Å². The summed E-state index contributed by atoms with van der Waals surface area (Å²) in [5, 5.41) is 8.52. The number of hydrogen-bond acceptors (Lipinski definition) is 4. The number of carbonyl (C=O) groups is 1. The number of nitriles is 1. The van der Waals surface area contributed by atoms with Crippen molar-refractivity contribution in [2.24, 2.45) is 10.7 Å². The summed E-state index contributed by atoms with van der Waals surface area (Å²) in [7, 11) is 1.32. The third-order valence-electron chi connectivity index (χ3n) is 2.28. The van der Waals surface area contributed by atoms with Gasteiger partial charge in [0.25, 0.3) is 0 Å². The number of nitrogens with two attached hydrogens (primary N) is 1. The molecule has 0 aromatic heterocycles. The molecule has 1 aromatic rings. The average molecular weight is 246 g/mol. The van der Waals surface area contributed by atoms with Crippen LogP contribution in [0.25, 0.3) is 0 Å². The second kappa shape index (κ2) is 6.91. The fraction of sp³-hybridized carbons (Fsp3) is 0.250. The van der Waals surface area contributed by atoms with Gasteiger partial charge in [-0.1, -0.05) is 18.2 Å². The number of guanidine groups is 1. The molecule has 2 N–H and O–H groups in total. The van der Waals surface area contributed by atoms with Crippen LogP contribution in [-0.4, -0.2) is 25.6 Å². The number of anilines is 1. The molecule has 0 heterocycles. The van der Waals surface area contributed by atoms with E-state index in [1.807, 2.05) is 30.3 Å². The molecule has 0 unspecified atom stereocenters. The molecule has 0 spiro atoms. The first-order valence-electron chi connectivity index (χ1n) is 5.30. The first-order valence-corrected chi connectivity index (χ1v) is 5.30. The van der Waals surface area contributed by atoms with Crippen LogP contribution in [0.4, 0.5) is 5.69 Å². The molecule has 1 rings (SSSR count). The summed E-state index contributed by atoms with van der Waals surface area (Å²) < 4.78 is 4.56. The topological polar surface area (TPSA) is 91.7 Å². The fourth-order valence-electron chi connectivity index (χ4n) is 1.40. The number of ether oxygens (including phenoxy) is 1. The van der Waals surface area contributed by atoms with Crippen LogP contribution in [0.3, 0.4) is 0 Å². The second-order valence-electron chi connectivity index (χ2n) is 3.38. The fourth-order valence-corrected chi connectivity index (χ4v) is 1.40. The molecular weight excluding hydrogens is 232 g/mol. The van der Waals surface area contributed by atoms with Gasteiger partial charge in [-0.25, -0.2) is 0 Å². The SMILES string of the molecule is COC(=O)CCN(C(N)=NC#N)c1ccccc1. The molecule has 0 atom stereocenters. The van der Waals surface area contributed by atoms with Crippen molar-refractivity contribution in [1.82, 2.24) is 0 Å². The molecule has 6 heteroatoms. The summed E-state index contributed by atoms with van der Waals surface area (Å²) in [5.74, 6) is -0.298. The molecule has 18 heavy (non-hydrogen) atoms. The molecule has 94 valence electrons. The maximum absolute atomic E-state index is 11.1. The number of benzene rings is 1. The Morgan fingerprint density at radius 2 is 2.17 bits per heavy atom. The highest BCUT2D eigenvalue weighted by molar-refractivity contribution is 5.95. The third-order valence-corrected chi connectivity index (χ3v) is 2.28. The molecule has 0 radical (unpaired) electrons. The van der Waals surface area contributed by atoms with Crippen molar-refractivity contribution in [1.29, 1.82) is 5.26 Å². The first-order chi connectivity index (χ1) is 8.69. The van der Waals surface area contributed by atoms with Gasteiger partial charge >= 0.3 is 5.97 Å². The van der Waals surface area contributed by atoms with Crippen LogP contribution < -0.4 is 10.6 Å². The summed E-state index contributed by atoms with van der Waals surface area (Å²) in [6.45, 7) is 0.299. The van der Waals surface area contributed by atoms with E-state index in [-0.39, 0.29) is 18.3 Å². The number of aliphatic imine (C=N–C) groups is 1. The Kier molecular flexibility index (Phi) is 5.19. The Morgan fingerprint density at radius 1 is 1.50 bits per heavy atom. The highest BCUT2D eigenvalue weighted by Crippen LogP contribution is 2.13. The van der Waals surface area contributed by atoms with E-state index >= 15 is 0 Å². The number of para-hydroxylation sites is 1. The van der Waals surface area contributed by atoms with E-state index in [4.69, 9.17) is 11.0 Å². The quantitative estimate of drug-likeness (QED) is 0.368. The number of esters is 1. The Balaban J connectivity index is 2.87. The Bertz CT molecular complexity index is 465. The summed E-state index contributed by atoms with van der Waals surface area (Å²) in [6, 6.07) is 9.16. The summed E-state index contributed by atoms with van der Waals surface area (Å²) in [4.78, 5) is 16.2. The molecule has 0 fully saturated rings. The lowest BCUT2D eigenvalue weighted by Crippen LogP contribution is -2.38. The minimum Gasteiger partial charge on any atom is -0.469 e.